The Balaban J connectivity index is 1.74. The van der Waals surface area contributed by atoms with Crippen LogP contribution in [-0.2, 0) is 12.1 Å². The average Bonchev–Trinajstić information content (AvgIpc) is 3.21. The Kier molecular flexibility index (Phi) is 5.71. The minimum Gasteiger partial charge on any atom is -0.507 e. The van der Waals surface area contributed by atoms with Crippen molar-refractivity contribution in [1.29, 1.82) is 0 Å². The van der Waals surface area contributed by atoms with Crippen LogP contribution in [0.1, 0.15) is 29.5 Å². The number of phenolic OH excluding ortho intramolecular Hbond substituents is 1. The summed E-state index contributed by atoms with van der Waals surface area (Å²) in [5, 5.41) is 22.6. The van der Waals surface area contributed by atoms with Crippen LogP contribution < -0.4 is 0 Å². The van der Waals surface area contributed by atoms with Crippen LogP contribution in [0.2, 0.25) is 0 Å². The van der Waals surface area contributed by atoms with E-state index in [-0.39, 0.29) is 6.04 Å². The molecule has 0 aromatic heterocycles. The van der Waals surface area contributed by atoms with Crippen LogP contribution in [0.5, 0.6) is 5.75 Å². The second-order valence-electron chi connectivity index (χ2n) is 7.37. The summed E-state index contributed by atoms with van der Waals surface area (Å²) in [7, 11) is 0. The fourth-order valence-electron chi connectivity index (χ4n) is 4.33. The van der Waals surface area contributed by atoms with Gasteiger partial charge in [0.1, 0.15) is 11.4 Å². The minimum atomic E-state index is -1.10. The second kappa shape index (κ2) is 8.23. The average molecular weight is 485 g/mol. The Labute approximate surface area is 179 Å². The molecule has 144 valence electrons. The molecule has 3 aromatic rings. The van der Waals surface area contributed by atoms with E-state index in [0.717, 1.165) is 39.6 Å². The van der Waals surface area contributed by atoms with E-state index in [1.54, 1.807) is 0 Å². The third-order valence-corrected chi connectivity index (χ3v) is 6.59. The molecule has 1 atom stereocenters. The highest BCUT2D eigenvalue weighted by atomic mass is 127. The van der Waals surface area contributed by atoms with Gasteiger partial charge in [-0.05, 0) is 59.2 Å². The predicted octanol–water partition coefficient (Wildman–Crippen LogP) is 4.90. The van der Waals surface area contributed by atoms with Crippen LogP contribution in [-0.4, -0.2) is 27.7 Å². The van der Waals surface area contributed by atoms with Crippen molar-refractivity contribution >= 4 is 22.6 Å². The van der Waals surface area contributed by atoms with Gasteiger partial charge in [-0.25, -0.2) is 0 Å². The predicted molar refractivity (Wildman–Crippen MR) is 120 cm³/mol. The number of aromatic hydroxyl groups is 1. The van der Waals surface area contributed by atoms with Crippen LogP contribution in [0.3, 0.4) is 0 Å². The van der Waals surface area contributed by atoms with Crippen molar-refractivity contribution in [1.82, 2.24) is 4.90 Å². The van der Waals surface area contributed by atoms with Gasteiger partial charge in [0.15, 0.2) is 0 Å². The maximum absolute atomic E-state index is 12.1. The molecule has 4 rings (SSSR count). The molecule has 28 heavy (non-hydrogen) atoms. The Morgan fingerprint density at radius 1 is 0.893 bits per heavy atom. The van der Waals surface area contributed by atoms with Gasteiger partial charge in [-0.3, -0.25) is 4.90 Å². The number of phenols is 1. The number of hydrogen-bond donors (Lipinski definition) is 2. The number of rotatable bonds is 5. The lowest BCUT2D eigenvalue weighted by Crippen LogP contribution is -2.48. The summed E-state index contributed by atoms with van der Waals surface area (Å²) < 4.78 is 0.854. The Hall–Kier alpha value is -1.89. The molecule has 1 aliphatic heterocycles. The lowest BCUT2D eigenvalue weighted by Gasteiger charge is -2.40. The van der Waals surface area contributed by atoms with Gasteiger partial charge in [-0.15, -0.1) is 0 Å². The van der Waals surface area contributed by atoms with Gasteiger partial charge >= 0.3 is 0 Å². The van der Waals surface area contributed by atoms with Crippen LogP contribution >= 0.6 is 22.6 Å². The van der Waals surface area contributed by atoms with E-state index in [9.17, 15) is 10.2 Å². The zero-order valence-electron chi connectivity index (χ0n) is 15.6. The fourth-order valence-corrected chi connectivity index (χ4v) is 4.88. The van der Waals surface area contributed by atoms with Crippen molar-refractivity contribution in [3.63, 3.8) is 0 Å². The molecule has 0 radical (unpaired) electrons. The molecule has 3 aromatic carbocycles. The number of likely N-dealkylation sites (tertiary alicyclic amines) is 1. The first-order chi connectivity index (χ1) is 13.6. The first-order valence-electron chi connectivity index (χ1n) is 9.64. The van der Waals surface area contributed by atoms with Crippen LogP contribution in [0.25, 0.3) is 0 Å². The van der Waals surface area contributed by atoms with Gasteiger partial charge in [0, 0.05) is 18.2 Å². The molecule has 1 heterocycles. The fraction of sp³-hybridized carbons (Fsp3) is 0.250. The molecular weight excluding hydrogens is 461 g/mol. The van der Waals surface area contributed by atoms with Crippen molar-refractivity contribution in [3.05, 3.63) is 99.1 Å². The number of benzene rings is 3. The Bertz CT molecular complexity index is 890. The lowest BCUT2D eigenvalue weighted by atomic mass is 9.79. The number of halogens is 1. The number of nitrogens with zero attached hydrogens (tertiary/aromatic N) is 1. The maximum Gasteiger partial charge on any atom is 0.133 e. The monoisotopic (exact) mass is 485 g/mol. The minimum absolute atomic E-state index is 0.0606. The molecule has 2 N–H and O–H groups in total. The van der Waals surface area contributed by atoms with Crippen LogP contribution in [0, 0.1) is 3.57 Å². The summed E-state index contributed by atoms with van der Waals surface area (Å²) in [6.07, 6.45) is 1.93. The van der Waals surface area contributed by atoms with E-state index in [1.165, 1.54) is 0 Å². The van der Waals surface area contributed by atoms with Crippen LogP contribution in [0.15, 0.2) is 78.9 Å². The van der Waals surface area contributed by atoms with Crippen molar-refractivity contribution in [2.75, 3.05) is 6.54 Å². The number of aliphatic hydroxyl groups is 1. The van der Waals surface area contributed by atoms with E-state index in [2.05, 4.69) is 27.5 Å². The summed E-state index contributed by atoms with van der Waals surface area (Å²) >= 11 is 2.16. The molecule has 0 amide bonds. The summed E-state index contributed by atoms with van der Waals surface area (Å²) in [5.41, 5.74) is 1.62. The lowest BCUT2D eigenvalue weighted by molar-refractivity contribution is -0.00673. The number of para-hydroxylation sites is 1. The van der Waals surface area contributed by atoms with E-state index >= 15 is 0 Å². The molecule has 1 saturated heterocycles. The molecule has 4 heteroatoms. The van der Waals surface area contributed by atoms with Gasteiger partial charge in [-0.1, -0.05) is 72.8 Å². The van der Waals surface area contributed by atoms with Gasteiger partial charge < -0.3 is 10.2 Å². The first kappa shape index (κ1) is 19.4. The molecular formula is C24H24INO2. The maximum atomic E-state index is 12.1. The summed E-state index contributed by atoms with van der Waals surface area (Å²) in [6, 6.07) is 25.7. The molecule has 1 aliphatic rings. The van der Waals surface area contributed by atoms with Crippen molar-refractivity contribution in [2.24, 2.45) is 0 Å². The highest BCUT2D eigenvalue weighted by molar-refractivity contribution is 14.1. The normalized spacial score (nSPS) is 17.7. The molecule has 0 aliphatic carbocycles. The summed E-state index contributed by atoms with van der Waals surface area (Å²) in [4.78, 5) is 2.31. The zero-order valence-corrected chi connectivity index (χ0v) is 17.8. The molecule has 0 bridgehead atoms. The molecule has 0 unspecified atom stereocenters. The second-order valence-corrected chi connectivity index (χ2v) is 8.54. The number of hydrogen-bond acceptors (Lipinski definition) is 3. The Morgan fingerprint density at radius 2 is 1.50 bits per heavy atom. The largest absolute Gasteiger partial charge is 0.507 e. The Morgan fingerprint density at radius 3 is 2.11 bits per heavy atom. The van der Waals surface area contributed by atoms with E-state index in [1.807, 2.05) is 78.9 Å². The quantitative estimate of drug-likeness (QED) is 0.506. The van der Waals surface area contributed by atoms with Crippen LogP contribution in [0.4, 0.5) is 0 Å². The van der Waals surface area contributed by atoms with Gasteiger partial charge in [0.25, 0.3) is 0 Å². The van der Waals surface area contributed by atoms with E-state index in [4.69, 9.17) is 0 Å². The molecule has 1 fully saturated rings. The van der Waals surface area contributed by atoms with E-state index < -0.39 is 5.60 Å². The van der Waals surface area contributed by atoms with Crippen molar-refractivity contribution in [3.8, 4) is 5.75 Å². The molecule has 3 nitrogen and oxygen atoms in total. The SMILES string of the molecule is Oc1c(I)cccc1CN1CCC[C@H]1C(O)(c1ccccc1)c1ccccc1. The van der Waals surface area contributed by atoms with Gasteiger partial charge in [0.2, 0.25) is 0 Å². The zero-order chi connectivity index (χ0) is 19.6. The van der Waals surface area contributed by atoms with Gasteiger partial charge in [0.05, 0.1) is 3.57 Å². The third kappa shape index (κ3) is 3.56. The standard InChI is InChI=1S/C24H24INO2/c25-21-14-7-9-18(23(21)27)17-26-16-8-15-22(26)24(28,19-10-3-1-4-11-19)20-12-5-2-6-13-20/h1-7,9-14,22,27-28H,8,15-17H2/t22-/m0/s1. The first-order valence-corrected chi connectivity index (χ1v) is 10.7. The smallest absolute Gasteiger partial charge is 0.133 e. The topological polar surface area (TPSA) is 43.7 Å². The highest BCUT2D eigenvalue weighted by Crippen LogP contribution is 2.41. The van der Waals surface area contributed by atoms with Gasteiger partial charge in [-0.2, -0.15) is 0 Å². The van der Waals surface area contributed by atoms with Crippen molar-refractivity contribution < 1.29 is 10.2 Å². The molecule has 0 saturated carbocycles. The summed E-state index contributed by atoms with van der Waals surface area (Å²) in [5.74, 6) is 0.344. The molecule has 0 spiro atoms. The van der Waals surface area contributed by atoms with Crippen molar-refractivity contribution in [2.45, 2.75) is 31.0 Å². The summed E-state index contributed by atoms with van der Waals surface area (Å²) in [6.45, 7) is 1.52. The third-order valence-electron chi connectivity index (χ3n) is 5.72. The highest BCUT2D eigenvalue weighted by Gasteiger charge is 2.45. The van der Waals surface area contributed by atoms with E-state index in [0.29, 0.717) is 12.3 Å².